The smallest absolute Gasteiger partial charge is 0.353 e. The monoisotopic (exact) mass is 494 g/mol. The number of carbonyl (C=O) groups excluding carboxylic acids is 1. The average molecular weight is 494 g/mol. The van der Waals surface area contributed by atoms with Gasteiger partial charge in [-0.2, -0.15) is 26.3 Å². The largest absolute Gasteiger partial charge is 0.416 e. The Kier molecular flexibility index (Phi) is 6.44. The fraction of sp³-hybridized carbons (Fsp3) is 0.292. The summed E-state index contributed by atoms with van der Waals surface area (Å²) < 4.78 is 78.9. The van der Waals surface area contributed by atoms with Gasteiger partial charge in [0.05, 0.1) is 16.8 Å². The van der Waals surface area contributed by atoms with E-state index in [2.05, 4.69) is 9.97 Å². The molecule has 1 aliphatic rings. The third-order valence-corrected chi connectivity index (χ3v) is 5.62. The number of carbonyl (C=O) groups is 1. The number of anilines is 1. The minimum atomic E-state index is -5.02. The summed E-state index contributed by atoms with van der Waals surface area (Å²) in [5.74, 6) is 0.287. The molecule has 0 radical (unpaired) electrons. The lowest BCUT2D eigenvalue weighted by Crippen LogP contribution is -2.49. The van der Waals surface area contributed by atoms with E-state index in [9.17, 15) is 31.1 Å². The topological polar surface area (TPSA) is 49.3 Å². The molecule has 1 aromatic heterocycles. The Labute approximate surface area is 197 Å². The van der Waals surface area contributed by atoms with E-state index < -0.39 is 35.0 Å². The highest BCUT2D eigenvalue weighted by Crippen LogP contribution is 2.36. The summed E-state index contributed by atoms with van der Waals surface area (Å²) in [6.45, 7) is 2.59. The first-order valence-electron chi connectivity index (χ1n) is 10.7. The Bertz CT molecular complexity index is 1190. The molecule has 5 nitrogen and oxygen atoms in total. The number of piperazine rings is 1. The molecule has 0 N–H and O–H groups in total. The molecule has 1 aliphatic heterocycles. The van der Waals surface area contributed by atoms with Crippen LogP contribution in [0.5, 0.6) is 0 Å². The highest BCUT2D eigenvalue weighted by atomic mass is 19.4. The van der Waals surface area contributed by atoms with Crippen LogP contribution in [0.3, 0.4) is 0 Å². The van der Waals surface area contributed by atoms with E-state index in [1.165, 1.54) is 4.90 Å². The van der Waals surface area contributed by atoms with Crippen LogP contribution in [0, 0.1) is 6.92 Å². The molecule has 0 bridgehead atoms. The van der Waals surface area contributed by atoms with Gasteiger partial charge < -0.3 is 9.80 Å². The van der Waals surface area contributed by atoms with E-state index in [0.29, 0.717) is 36.9 Å². The number of aromatic nitrogens is 2. The molecule has 3 aromatic rings. The van der Waals surface area contributed by atoms with Crippen molar-refractivity contribution in [2.75, 3.05) is 31.1 Å². The zero-order chi connectivity index (χ0) is 25.4. The molecule has 1 fully saturated rings. The Morgan fingerprint density at radius 1 is 0.800 bits per heavy atom. The molecule has 0 saturated carbocycles. The van der Waals surface area contributed by atoms with Gasteiger partial charge in [-0.3, -0.25) is 4.79 Å². The molecule has 1 saturated heterocycles. The van der Waals surface area contributed by atoms with Crippen molar-refractivity contribution in [2.45, 2.75) is 19.3 Å². The third kappa shape index (κ3) is 5.55. The van der Waals surface area contributed by atoms with Crippen molar-refractivity contribution < 1.29 is 31.1 Å². The van der Waals surface area contributed by atoms with E-state index >= 15 is 0 Å². The summed E-state index contributed by atoms with van der Waals surface area (Å²) in [5.41, 5.74) is -2.06. The van der Waals surface area contributed by atoms with Crippen molar-refractivity contribution in [2.24, 2.45) is 0 Å². The van der Waals surface area contributed by atoms with Crippen LogP contribution in [-0.4, -0.2) is 47.0 Å². The number of alkyl halides is 6. The normalized spacial score (nSPS) is 14.8. The number of nitrogens with zero attached hydrogens (tertiary/aromatic N) is 4. The fourth-order valence-corrected chi connectivity index (χ4v) is 3.87. The molecule has 0 spiro atoms. The quantitative estimate of drug-likeness (QED) is 0.455. The van der Waals surface area contributed by atoms with E-state index in [1.54, 1.807) is 6.92 Å². The summed E-state index contributed by atoms with van der Waals surface area (Å²) in [5, 5.41) is 0. The molecule has 0 atom stereocenters. The molecule has 35 heavy (non-hydrogen) atoms. The maximum absolute atomic E-state index is 13.2. The van der Waals surface area contributed by atoms with Crippen LogP contribution in [0.1, 0.15) is 27.3 Å². The van der Waals surface area contributed by atoms with Gasteiger partial charge in [0.25, 0.3) is 5.91 Å². The van der Waals surface area contributed by atoms with Crippen molar-refractivity contribution in [3.63, 3.8) is 0 Å². The fourth-order valence-electron chi connectivity index (χ4n) is 3.87. The van der Waals surface area contributed by atoms with Crippen LogP contribution < -0.4 is 4.90 Å². The second kappa shape index (κ2) is 9.20. The van der Waals surface area contributed by atoms with Crippen LogP contribution in [0.4, 0.5) is 32.2 Å². The number of hydrogen-bond acceptors (Lipinski definition) is 4. The standard InChI is InChI=1S/C24H20F6N4O/c1-15-31-20(16-5-3-2-4-6-16)14-21(32-15)33-7-9-34(10-8-33)22(35)17-11-18(23(25,26)27)13-19(12-17)24(28,29)30/h2-6,11-14H,7-10H2,1H3. The molecule has 2 heterocycles. The lowest BCUT2D eigenvalue weighted by atomic mass is 10.0. The third-order valence-electron chi connectivity index (χ3n) is 5.62. The van der Waals surface area contributed by atoms with Gasteiger partial charge in [-0.1, -0.05) is 30.3 Å². The summed E-state index contributed by atoms with van der Waals surface area (Å²) in [7, 11) is 0. The molecule has 1 amide bonds. The van der Waals surface area contributed by atoms with Crippen molar-refractivity contribution in [1.29, 1.82) is 0 Å². The maximum atomic E-state index is 13.2. The zero-order valence-electron chi connectivity index (χ0n) is 18.5. The summed E-state index contributed by atoms with van der Waals surface area (Å²) in [6, 6.07) is 12.2. The average Bonchev–Trinajstić information content (AvgIpc) is 2.82. The number of amides is 1. The molecule has 11 heteroatoms. The van der Waals surface area contributed by atoms with E-state index in [1.807, 2.05) is 41.3 Å². The van der Waals surface area contributed by atoms with Gasteiger partial charge in [0, 0.05) is 43.4 Å². The first-order chi connectivity index (χ1) is 16.4. The minimum absolute atomic E-state index is 0.0104. The molecule has 184 valence electrons. The Balaban J connectivity index is 1.53. The molecule has 2 aromatic carbocycles. The van der Waals surface area contributed by atoms with Gasteiger partial charge in [-0.15, -0.1) is 0 Å². The Morgan fingerprint density at radius 2 is 1.37 bits per heavy atom. The minimum Gasteiger partial charge on any atom is -0.353 e. The van der Waals surface area contributed by atoms with E-state index in [0.717, 1.165) is 11.3 Å². The van der Waals surface area contributed by atoms with Gasteiger partial charge in [-0.05, 0) is 25.1 Å². The van der Waals surface area contributed by atoms with Crippen LogP contribution in [0.15, 0.2) is 54.6 Å². The van der Waals surface area contributed by atoms with Crippen LogP contribution in [0.2, 0.25) is 0 Å². The van der Waals surface area contributed by atoms with E-state index in [-0.39, 0.29) is 19.2 Å². The molecule has 4 rings (SSSR count). The van der Waals surface area contributed by atoms with Gasteiger partial charge in [0.15, 0.2) is 0 Å². The van der Waals surface area contributed by atoms with Crippen LogP contribution in [0.25, 0.3) is 11.3 Å². The number of rotatable bonds is 3. The molecular formula is C24H20F6N4O. The van der Waals surface area contributed by atoms with Gasteiger partial charge >= 0.3 is 12.4 Å². The summed E-state index contributed by atoms with van der Waals surface area (Å²) >= 11 is 0. The predicted molar refractivity (Wildman–Crippen MR) is 117 cm³/mol. The van der Waals surface area contributed by atoms with Crippen LogP contribution >= 0.6 is 0 Å². The molecular weight excluding hydrogens is 474 g/mol. The zero-order valence-corrected chi connectivity index (χ0v) is 18.5. The molecule has 0 aliphatic carbocycles. The lowest BCUT2D eigenvalue weighted by Gasteiger charge is -2.35. The van der Waals surface area contributed by atoms with Crippen molar-refractivity contribution in [3.05, 3.63) is 77.1 Å². The maximum Gasteiger partial charge on any atom is 0.416 e. The number of hydrogen-bond donors (Lipinski definition) is 0. The number of benzene rings is 2. The summed E-state index contributed by atoms with van der Waals surface area (Å²) in [4.78, 5) is 24.9. The van der Waals surface area contributed by atoms with Gasteiger partial charge in [0.1, 0.15) is 11.6 Å². The first-order valence-corrected chi connectivity index (χ1v) is 10.7. The predicted octanol–water partition coefficient (Wildman–Crippen LogP) is 5.45. The van der Waals surface area contributed by atoms with Gasteiger partial charge in [0.2, 0.25) is 0 Å². The Hall–Kier alpha value is -3.63. The number of halogens is 6. The highest BCUT2D eigenvalue weighted by Gasteiger charge is 2.38. The summed E-state index contributed by atoms with van der Waals surface area (Å²) in [6.07, 6.45) is -10.0. The second-order valence-electron chi connectivity index (χ2n) is 8.10. The van der Waals surface area contributed by atoms with Crippen molar-refractivity contribution in [1.82, 2.24) is 14.9 Å². The van der Waals surface area contributed by atoms with Gasteiger partial charge in [-0.25, -0.2) is 9.97 Å². The molecule has 0 unspecified atom stereocenters. The number of aryl methyl sites for hydroxylation is 1. The second-order valence-corrected chi connectivity index (χ2v) is 8.10. The highest BCUT2D eigenvalue weighted by molar-refractivity contribution is 5.95. The van der Waals surface area contributed by atoms with E-state index in [4.69, 9.17) is 0 Å². The van der Waals surface area contributed by atoms with Crippen molar-refractivity contribution in [3.8, 4) is 11.3 Å². The Morgan fingerprint density at radius 3 is 1.91 bits per heavy atom. The SMILES string of the molecule is Cc1nc(-c2ccccc2)cc(N2CCN(C(=O)c3cc(C(F)(F)F)cc(C(F)(F)F)c3)CC2)n1. The van der Waals surface area contributed by atoms with Crippen LogP contribution in [-0.2, 0) is 12.4 Å². The first kappa shape index (κ1) is 24.5. The van der Waals surface area contributed by atoms with Crippen molar-refractivity contribution >= 4 is 11.7 Å². The lowest BCUT2D eigenvalue weighted by molar-refractivity contribution is -0.143.